The quantitative estimate of drug-likeness (QED) is 0.815. The lowest BCUT2D eigenvalue weighted by atomic mass is 9.96. The van der Waals surface area contributed by atoms with Crippen molar-refractivity contribution in [2.24, 2.45) is 17.8 Å². The molecule has 1 aromatic carbocycles. The first-order valence-corrected chi connectivity index (χ1v) is 8.69. The molecular weight excluding hydrogens is 365 g/mol. The fraction of sp³-hybridized carbons (Fsp3) is 0.556. The molecule has 148 valence electrons. The average molecular weight is 386 g/mol. The predicted molar refractivity (Wildman–Crippen MR) is 89.2 cm³/mol. The van der Waals surface area contributed by atoms with E-state index in [1.807, 2.05) is 12.1 Å². The second-order valence-electron chi connectivity index (χ2n) is 7.04. The number of likely N-dealkylation sites (tertiary alicyclic amines) is 1. The van der Waals surface area contributed by atoms with Gasteiger partial charge in [0.2, 0.25) is 0 Å². The van der Waals surface area contributed by atoms with Crippen molar-refractivity contribution in [2.45, 2.75) is 25.1 Å². The lowest BCUT2D eigenvalue weighted by molar-refractivity contribution is -0.187. The van der Waals surface area contributed by atoms with Gasteiger partial charge in [0, 0.05) is 13.1 Å². The molecule has 2 aliphatic rings. The number of carbonyl (C=O) groups is 2. The number of hydrogen-bond acceptors (Lipinski definition) is 3. The number of carboxylic acids is 1. The van der Waals surface area contributed by atoms with Crippen LogP contribution in [0.5, 0.6) is 5.75 Å². The molecule has 3 rings (SSSR count). The first-order chi connectivity index (χ1) is 12.7. The van der Waals surface area contributed by atoms with Gasteiger partial charge < -0.3 is 20.1 Å². The van der Waals surface area contributed by atoms with Crippen molar-refractivity contribution in [3.63, 3.8) is 0 Å². The van der Waals surface area contributed by atoms with Gasteiger partial charge in [-0.15, -0.1) is 0 Å². The van der Waals surface area contributed by atoms with E-state index in [-0.39, 0.29) is 12.0 Å². The number of ether oxygens (including phenoxy) is 1. The fourth-order valence-corrected chi connectivity index (χ4v) is 3.49. The standard InChI is InChI=1S/C18H21F3N2O4/c1-27-12-6-4-11(5-7-12)15(10-2-3-10)22-17(26)23-8-13(16(24)25)14(9-23)18(19,20)21/h4-7,10,13-15H,2-3,8-9H2,1H3,(H,22,26)(H,24,25)/t13-,14-,15?/m1/s1. The third kappa shape index (κ3) is 4.28. The van der Waals surface area contributed by atoms with E-state index in [4.69, 9.17) is 9.84 Å². The maximum Gasteiger partial charge on any atom is 0.394 e. The lowest BCUT2D eigenvalue weighted by Crippen LogP contribution is -2.41. The highest BCUT2D eigenvalue weighted by molar-refractivity contribution is 5.78. The Morgan fingerprint density at radius 2 is 1.85 bits per heavy atom. The number of hydrogen-bond donors (Lipinski definition) is 2. The summed E-state index contributed by atoms with van der Waals surface area (Å²) in [7, 11) is 1.54. The maximum atomic E-state index is 13.1. The molecule has 1 aliphatic heterocycles. The van der Waals surface area contributed by atoms with E-state index < -0.39 is 43.1 Å². The van der Waals surface area contributed by atoms with E-state index in [2.05, 4.69) is 5.32 Å². The Balaban J connectivity index is 1.71. The van der Waals surface area contributed by atoms with Gasteiger partial charge in [0.05, 0.1) is 25.0 Å². The number of methoxy groups -OCH3 is 1. The molecule has 1 saturated heterocycles. The molecule has 0 spiro atoms. The zero-order valence-electron chi connectivity index (χ0n) is 14.7. The monoisotopic (exact) mass is 386 g/mol. The summed E-state index contributed by atoms with van der Waals surface area (Å²) in [6.45, 7) is -1.10. The van der Waals surface area contributed by atoms with Crippen LogP contribution >= 0.6 is 0 Å². The van der Waals surface area contributed by atoms with Crippen LogP contribution in [0.2, 0.25) is 0 Å². The minimum Gasteiger partial charge on any atom is -0.497 e. The molecular formula is C18H21F3N2O4. The SMILES string of the molecule is COc1ccc(C(NC(=O)N2C[C@@H](C(F)(F)F)[C@H](C(=O)O)C2)C2CC2)cc1. The molecule has 1 saturated carbocycles. The molecule has 1 heterocycles. The van der Waals surface area contributed by atoms with Gasteiger partial charge in [-0.2, -0.15) is 13.2 Å². The minimum absolute atomic E-state index is 0.221. The number of carboxylic acid groups (broad SMARTS) is 1. The van der Waals surface area contributed by atoms with Crippen LogP contribution in [0.15, 0.2) is 24.3 Å². The van der Waals surface area contributed by atoms with Gasteiger partial charge in [0.1, 0.15) is 5.75 Å². The number of benzene rings is 1. The van der Waals surface area contributed by atoms with Crippen molar-refractivity contribution in [2.75, 3.05) is 20.2 Å². The van der Waals surface area contributed by atoms with E-state index in [0.717, 1.165) is 23.3 Å². The highest BCUT2D eigenvalue weighted by atomic mass is 19.4. The van der Waals surface area contributed by atoms with Crippen LogP contribution in [0.1, 0.15) is 24.4 Å². The zero-order valence-corrected chi connectivity index (χ0v) is 14.7. The molecule has 0 radical (unpaired) electrons. The summed E-state index contributed by atoms with van der Waals surface area (Å²) in [5.74, 6) is -4.35. The Kier molecular flexibility index (Phi) is 5.21. The first kappa shape index (κ1) is 19.3. The van der Waals surface area contributed by atoms with Gasteiger partial charge in [0.25, 0.3) is 0 Å². The number of halogens is 3. The topological polar surface area (TPSA) is 78.9 Å². The Morgan fingerprint density at radius 3 is 2.30 bits per heavy atom. The van der Waals surface area contributed by atoms with Crippen molar-refractivity contribution < 1.29 is 32.6 Å². The van der Waals surface area contributed by atoms with Gasteiger partial charge in [0.15, 0.2) is 0 Å². The molecule has 1 aromatic rings. The van der Waals surface area contributed by atoms with Crippen LogP contribution in [0.4, 0.5) is 18.0 Å². The number of urea groups is 1. The van der Waals surface area contributed by atoms with Crippen LogP contribution in [0.3, 0.4) is 0 Å². The van der Waals surface area contributed by atoms with E-state index in [1.54, 1.807) is 19.2 Å². The Labute approximate surface area is 154 Å². The summed E-state index contributed by atoms with van der Waals surface area (Å²) in [6, 6.07) is 6.15. The third-order valence-electron chi connectivity index (χ3n) is 5.19. The number of rotatable bonds is 5. The summed E-state index contributed by atoms with van der Waals surface area (Å²) in [5, 5.41) is 11.9. The minimum atomic E-state index is -4.66. The summed E-state index contributed by atoms with van der Waals surface area (Å²) >= 11 is 0. The normalized spacial score (nSPS) is 23.8. The van der Waals surface area contributed by atoms with Gasteiger partial charge in [-0.3, -0.25) is 4.79 Å². The van der Waals surface area contributed by atoms with Crippen molar-refractivity contribution >= 4 is 12.0 Å². The van der Waals surface area contributed by atoms with Gasteiger partial charge in [-0.25, -0.2) is 4.79 Å². The summed E-state index contributed by atoms with van der Waals surface area (Å²) < 4.78 is 44.4. The van der Waals surface area contributed by atoms with E-state index in [1.165, 1.54) is 0 Å². The van der Waals surface area contributed by atoms with Gasteiger partial charge >= 0.3 is 18.2 Å². The van der Waals surface area contributed by atoms with E-state index in [0.29, 0.717) is 5.75 Å². The van der Waals surface area contributed by atoms with Crippen molar-refractivity contribution in [3.8, 4) is 5.75 Å². The van der Waals surface area contributed by atoms with Crippen LogP contribution in [0, 0.1) is 17.8 Å². The Hall–Kier alpha value is -2.45. The fourth-order valence-electron chi connectivity index (χ4n) is 3.49. The number of amides is 2. The van der Waals surface area contributed by atoms with Crippen LogP contribution in [0.25, 0.3) is 0 Å². The average Bonchev–Trinajstić information content (AvgIpc) is 3.34. The van der Waals surface area contributed by atoms with Gasteiger partial charge in [-0.1, -0.05) is 12.1 Å². The number of nitrogens with one attached hydrogen (secondary N) is 1. The van der Waals surface area contributed by atoms with Crippen molar-refractivity contribution in [1.82, 2.24) is 10.2 Å². The van der Waals surface area contributed by atoms with Crippen molar-refractivity contribution in [1.29, 1.82) is 0 Å². The second kappa shape index (κ2) is 7.28. The summed E-state index contributed by atoms with van der Waals surface area (Å²) in [6.07, 6.45) is -2.83. The molecule has 1 aliphatic carbocycles. The van der Waals surface area contributed by atoms with Gasteiger partial charge in [-0.05, 0) is 36.5 Å². The molecule has 27 heavy (non-hydrogen) atoms. The second-order valence-corrected chi connectivity index (χ2v) is 7.04. The summed E-state index contributed by atoms with van der Waals surface area (Å²) in [5.41, 5.74) is 0.841. The number of alkyl halides is 3. The van der Waals surface area contributed by atoms with Crippen LogP contribution < -0.4 is 10.1 Å². The van der Waals surface area contributed by atoms with E-state index >= 15 is 0 Å². The molecule has 2 amide bonds. The summed E-state index contributed by atoms with van der Waals surface area (Å²) in [4.78, 5) is 24.7. The molecule has 2 fully saturated rings. The first-order valence-electron chi connectivity index (χ1n) is 8.69. The third-order valence-corrected chi connectivity index (χ3v) is 5.19. The highest BCUT2D eigenvalue weighted by Gasteiger charge is 2.53. The smallest absolute Gasteiger partial charge is 0.394 e. The van der Waals surface area contributed by atoms with Crippen molar-refractivity contribution in [3.05, 3.63) is 29.8 Å². The predicted octanol–water partition coefficient (Wildman–Crippen LogP) is 3.05. The molecule has 0 aromatic heterocycles. The lowest BCUT2D eigenvalue weighted by Gasteiger charge is -2.24. The molecule has 9 heteroatoms. The zero-order chi connectivity index (χ0) is 19.8. The molecule has 2 N–H and O–H groups in total. The van der Waals surface area contributed by atoms with E-state index in [9.17, 15) is 22.8 Å². The van der Waals surface area contributed by atoms with Crippen LogP contribution in [-0.2, 0) is 4.79 Å². The number of nitrogens with zero attached hydrogens (tertiary/aromatic N) is 1. The number of aliphatic carboxylic acids is 1. The molecule has 3 atom stereocenters. The molecule has 6 nitrogen and oxygen atoms in total. The number of carbonyl (C=O) groups excluding carboxylic acids is 1. The van der Waals surface area contributed by atoms with Crippen LogP contribution in [-0.4, -0.2) is 48.4 Å². The largest absolute Gasteiger partial charge is 0.497 e. The Bertz CT molecular complexity index is 704. The highest BCUT2D eigenvalue weighted by Crippen LogP contribution is 2.42. The molecule has 1 unspecified atom stereocenters. The Morgan fingerprint density at radius 1 is 1.22 bits per heavy atom. The molecule has 0 bridgehead atoms. The maximum absolute atomic E-state index is 13.1.